The van der Waals surface area contributed by atoms with Crippen LogP contribution in [0.5, 0.6) is 11.5 Å². The molecule has 0 aromatic heterocycles. The Morgan fingerprint density at radius 2 is 1.78 bits per heavy atom. The molecule has 1 unspecified atom stereocenters. The van der Waals surface area contributed by atoms with Crippen LogP contribution in [0, 0.1) is 11.8 Å². The lowest BCUT2D eigenvalue weighted by Gasteiger charge is -2.33. The van der Waals surface area contributed by atoms with Crippen LogP contribution in [-0.2, 0) is 19.0 Å². The zero-order chi connectivity index (χ0) is 22.5. The molecule has 4 aliphatic rings. The summed E-state index contributed by atoms with van der Waals surface area (Å²) in [6.07, 6.45) is 6.03. The molecule has 0 radical (unpaired) electrons. The Labute approximate surface area is 187 Å². The van der Waals surface area contributed by atoms with E-state index in [1.807, 2.05) is 18.2 Å². The molecule has 7 heteroatoms. The Balaban J connectivity index is 1.53. The quantitative estimate of drug-likeness (QED) is 0.398. The number of carbonyl (C=O) groups excluding carboxylic acids is 1. The number of ether oxygens (including phenoxy) is 5. The molecule has 0 amide bonds. The van der Waals surface area contributed by atoms with Gasteiger partial charge in [0.25, 0.3) is 0 Å². The van der Waals surface area contributed by atoms with E-state index in [-0.39, 0.29) is 30.4 Å². The van der Waals surface area contributed by atoms with Crippen LogP contribution in [0.15, 0.2) is 41.5 Å². The number of carbonyl (C=O) groups is 1. The van der Waals surface area contributed by atoms with Gasteiger partial charge in [0.1, 0.15) is 11.5 Å². The van der Waals surface area contributed by atoms with Crippen LogP contribution in [0.4, 0.5) is 0 Å². The van der Waals surface area contributed by atoms with Crippen molar-refractivity contribution in [2.75, 3.05) is 28.4 Å². The van der Waals surface area contributed by atoms with Crippen LogP contribution in [0.2, 0.25) is 0 Å². The SMILES string of the molecule is COc1cc(C#CC2=C[C@@H]3C[C@@]4(OC(=O)C=C24)[C@H]2CCC(C(OC)OC)N32)cc(OC)c1. The lowest BCUT2D eigenvalue weighted by Crippen LogP contribution is -2.48. The lowest BCUT2D eigenvalue weighted by atomic mass is 9.77. The maximum Gasteiger partial charge on any atom is 0.332 e. The number of nitrogens with zero attached hydrogens (tertiary/aromatic N) is 1. The van der Waals surface area contributed by atoms with Crippen LogP contribution < -0.4 is 9.47 Å². The third-order valence-electron chi connectivity index (χ3n) is 7.03. The zero-order valence-corrected chi connectivity index (χ0v) is 18.7. The van der Waals surface area contributed by atoms with Crippen molar-refractivity contribution >= 4 is 5.97 Å². The van der Waals surface area contributed by atoms with E-state index in [2.05, 4.69) is 22.8 Å². The molecular weight excluding hydrogens is 410 g/mol. The molecule has 2 bridgehead atoms. The lowest BCUT2D eigenvalue weighted by molar-refractivity contribution is -0.151. The Morgan fingerprint density at radius 3 is 2.44 bits per heavy atom. The molecule has 168 valence electrons. The van der Waals surface area contributed by atoms with Gasteiger partial charge in [-0.05, 0) is 25.0 Å². The van der Waals surface area contributed by atoms with Gasteiger partial charge in [0, 0.05) is 55.5 Å². The summed E-state index contributed by atoms with van der Waals surface area (Å²) in [6, 6.07) is 5.84. The summed E-state index contributed by atoms with van der Waals surface area (Å²) in [4.78, 5) is 14.8. The fraction of sp³-hybridized carbons (Fsp3) is 0.480. The van der Waals surface area contributed by atoms with Crippen molar-refractivity contribution in [3.8, 4) is 23.3 Å². The number of hydrogen-bond donors (Lipinski definition) is 0. The van der Waals surface area contributed by atoms with E-state index in [0.717, 1.165) is 36.0 Å². The second-order valence-corrected chi connectivity index (χ2v) is 8.52. The van der Waals surface area contributed by atoms with Gasteiger partial charge in [-0.15, -0.1) is 0 Å². The summed E-state index contributed by atoms with van der Waals surface area (Å²) in [5.41, 5.74) is 1.86. The van der Waals surface area contributed by atoms with E-state index in [1.165, 1.54) is 0 Å². The Bertz CT molecular complexity index is 1040. The van der Waals surface area contributed by atoms with Crippen LogP contribution in [0.1, 0.15) is 24.8 Å². The summed E-state index contributed by atoms with van der Waals surface area (Å²) in [7, 11) is 6.55. The fourth-order valence-corrected chi connectivity index (χ4v) is 5.81. The Kier molecular flexibility index (Phi) is 5.25. The monoisotopic (exact) mass is 437 g/mol. The average molecular weight is 437 g/mol. The summed E-state index contributed by atoms with van der Waals surface area (Å²) >= 11 is 0. The molecule has 0 N–H and O–H groups in total. The number of rotatable bonds is 5. The highest BCUT2D eigenvalue weighted by atomic mass is 16.7. The molecule has 1 aromatic carbocycles. The van der Waals surface area contributed by atoms with E-state index in [4.69, 9.17) is 23.7 Å². The molecule has 32 heavy (non-hydrogen) atoms. The molecule has 3 heterocycles. The van der Waals surface area contributed by atoms with Crippen LogP contribution >= 0.6 is 0 Å². The van der Waals surface area contributed by atoms with E-state index >= 15 is 0 Å². The topological polar surface area (TPSA) is 66.5 Å². The van der Waals surface area contributed by atoms with Crippen LogP contribution in [-0.4, -0.2) is 69.3 Å². The van der Waals surface area contributed by atoms with Crippen molar-refractivity contribution in [2.24, 2.45) is 0 Å². The smallest absolute Gasteiger partial charge is 0.332 e. The van der Waals surface area contributed by atoms with Crippen molar-refractivity contribution in [3.63, 3.8) is 0 Å². The first-order valence-electron chi connectivity index (χ1n) is 10.8. The van der Waals surface area contributed by atoms with E-state index < -0.39 is 5.60 Å². The largest absolute Gasteiger partial charge is 0.497 e. The predicted octanol–water partition coefficient (Wildman–Crippen LogP) is 2.44. The minimum absolute atomic E-state index is 0.0930. The highest BCUT2D eigenvalue weighted by Gasteiger charge is 2.65. The first-order valence-corrected chi connectivity index (χ1v) is 10.8. The molecule has 1 aliphatic carbocycles. The molecule has 1 aromatic rings. The van der Waals surface area contributed by atoms with Crippen LogP contribution in [0.3, 0.4) is 0 Å². The first-order chi connectivity index (χ1) is 15.5. The maximum absolute atomic E-state index is 12.4. The van der Waals surface area contributed by atoms with Gasteiger partial charge in [-0.2, -0.15) is 0 Å². The Morgan fingerprint density at radius 1 is 1.06 bits per heavy atom. The molecule has 4 atom stereocenters. The summed E-state index contributed by atoms with van der Waals surface area (Å²) in [6.45, 7) is 0. The third kappa shape index (κ3) is 3.14. The number of esters is 1. The normalized spacial score (nSPS) is 30.2. The number of benzene rings is 1. The van der Waals surface area contributed by atoms with Gasteiger partial charge in [0.2, 0.25) is 0 Å². The van der Waals surface area contributed by atoms with Crippen molar-refractivity contribution in [2.45, 2.75) is 49.3 Å². The molecule has 2 fully saturated rings. The average Bonchev–Trinajstić information content (AvgIpc) is 3.46. The standard InChI is InChI=1S/C25H27NO6/c1-28-18-9-15(10-19(12-18)29-2)5-6-16-11-17-14-25(20(16)13-23(27)32-25)22-8-7-21(26(17)22)24(30-3)31-4/h9-13,17,21-22,24H,7-8,14H2,1-4H3/t17-,21?,22-,25+/m1/s1. The zero-order valence-electron chi connectivity index (χ0n) is 18.7. The van der Waals surface area contributed by atoms with E-state index in [0.29, 0.717) is 11.5 Å². The predicted molar refractivity (Wildman–Crippen MR) is 116 cm³/mol. The molecule has 2 saturated heterocycles. The molecular formula is C25H27NO6. The molecule has 3 aliphatic heterocycles. The van der Waals surface area contributed by atoms with Crippen molar-refractivity contribution in [1.82, 2.24) is 4.90 Å². The Hall–Kier alpha value is -2.79. The molecule has 0 saturated carbocycles. The summed E-state index contributed by atoms with van der Waals surface area (Å²) in [5.74, 6) is 7.58. The van der Waals surface area contributed by atoms with Gasteiger partial charge in [-0.3, -0.25) is 4.90 Å². The van der Waals surface area contributed by atoms with Crippen LogP contribution in [0.25, 0.3) is 0 Å². The van der Waals surface area contributed by atoms with Gasteiger partial charge in [0.05, 0.1) is 26.3 Å². The van der Waals surface area contributed by atoms with Crippen molar-refractivity contribution in [3.05, 3.63) is 47.1 Å². The van der Waals surface area contributed by atoms with E-state index in [1.54, 1.807) is 34.5 Å². The second-order valence-electron chi connectivity index (χ2n) is 8.52. The van der Waals surface area contributed by atoms with Gasteiger partial charge in [-0.25, -0.2) is 4.79 Å². The third-order valence-corrected chi connectivity index (χ3v) is 7.03. The number of fused-ring (bicyclic) bond motifs is 3. The number of hydrogen-bond acceptors (Lipinski definition) is 7. The highest BCUT2D eigenvalue weighted by molar-refractivity contribution is 5.90. The minimum atomic E-state index is -0.645. The van der Waals surface area contributed by atoms with Crippen molar-refractivity contribution < 1.29 is 28.5 Å². The summed E-state index contributed by atoms with van der Waals surface area (Å²) < 4.78 is 27.9. The van der Waals surface area contributed by atoms with Gasteiger partial charge >= 0.3 is 5.97 Å². The fourth-order valence-electron chi connectivity index (χ4n) is 5.81. The highest BCUT2D eigenvalue weighted by Crippen LogP contribution is 2.56. The number of methoxy groups -OCH3 is 4. The van der Waals surface area contributed by atoms with Crippen molar-refractivity contribution in [1.29, 1.82) is 0 Å². The minimum Gasteiger partial charge on any atom is -0.497 e. The molecule has 5 rings (SSSR count). The molecule has 1 spiro atoms. The van der Waals surface area contributed by atoms with Gasteiger partial charge < -0.3 is 23.7 Å². The maximum atomic E-state index is 12.4. The van der Waals surface area contributed by atoms with Gasteiger partial charge in [-0.1, -0.05) is 17.9 Å². The summed E-state index contributed by atoms with van der Waals surface area (Å²) in [5, 5.41) is 0. The van der Waals surface area contributed by atoms with Gasteiger partial charge in [0.15, 0.2) is 11.9 Å². The van der Waals surface area contributed by atoms with E-state index in [9.17, 15) is 4.79 Å². The first kappa shape index (κ1) is 21.1. The second kappa shape index (κ2) is 7.96. The molecule has 7 nitrogen and oxygen atoms in total.